The van der Waals surface area contributed by atoms with E-state index in [0.29, 0.717) is 13.1 Å². The molecule has 1 aromatic carbocycles. The summed E-state index contributed by atoms with van der Waals surface area (Å²) in [5, 5.41) is 17.1. The Labute approximate surface area is 157 Å². The monoisotopic (exact) mass is 359 g/mol. The number of aliphatic hydroxyl groups is 1. The first-order chi connectivity index (χ1) is 12.6. The quantitative estimate of drug-likeness (QED) is 0.493. The predicted molar refractivity (Wildman–Crippen MR) is 106 cm³/mol. The van der Waals surface area contributed by atoms with E-state index < -0.39 is 5.60 Å². The lowest BCUT2D eigenvalue weighted by Gasteiger charge is -2.23. The minimum Gasteiger partial charge on any atom is -0.493 e. The standard InChI is InChI=1S/C21H33N3O2/c1-3-22-20(24-15-21(25)10-4-5-11-21)23-13-18-9-6-16(2)12-19(18)26-14-17-7-8-17/h6,9,12,17,25H,3-5,7-8,10-11,13-15H2,1-2H3,(H2,22,23,24). The lowest BCUT2D eigenvalue weighted by atomic mass is 10.0. The second-order valence-electron chi connectivity index (χ2n) is 7.85. The molecule has 0 spiro atoms. The van der Waals surface area contributed by atoms with Gasteiger partial charge in [0.1, 0.15) is 5.75 Å². The topological polar surface area (TPSA) is 65.9 Å². The maximum Gasteiger partial charge on any atom is 0.191 e. The Kier molecular flexibility index (Phi) is 6.41. The van der Waals surface area contributed by atoms with Gasteiger partial charge in [0.25, 0.3) is 0 Å². The highest BCUT2D eigenvalue weighted by atomic mass is 16.5. The number of hydrogen-bond acceptors (Lipinski definition) is 3. The molecule has 0 heterocycles. The van der Waals surface area contributed by atoms with Crippen molar-refractivity contribution in [3.8, 4) is 5.75 Å². The van der Waals surface area contributed by atoms with E-state index in [0.717, 1.165) is 62.0 Å². The molecule has 0 aliphatic heterocycles. The largest absolute Gasteiger partial charge is 0.493 e. The Hall–Kier alpha value is -1.75. The molecule has 5 nitrogen and oxygen atoms in total. The summed E-state index contributed by atoms with van der Waals surface area (Å²) in [7, 11) is 0. The molecule has 0 amide bonds. The zero-order valence-electron chi connectivity index (χ0n) is 16.2. The minimum atomic E-state index is -0.585. The van der Waals surface area contributed by atoms with Crippen molar-refractivity contribution in [2.75, 3.05) is 19.7 Å². The van der Waals surface area contributed by atoms with Crippen LogP contribution < -0.4 is 15.4 Å². The van der Waals surface area contributed by atoms with Crippen molar-refractivity contribution in [1.29, 1.82) is 0 Å². The second-order valence-corrected chi connectivity index (χ2v) is 7.85. The van der Waals surface area contributed by atoms with Crippen LogP contribution in [0.2, 0.25) is 0 Å². The summed E-state index contributed by atoms with van der Waals surface area (Å²) < 4.78 is 6.04. The number of benzene rings is 1. The van der Waals surface area contributed by atoms with Gasteiger partial charge in [-0.2, -0.15) is 0 Å². The molecule has 144 valence electrons. The van der Waals surface area contributed by atoms with E-state index in [2.05, 4.69) is 42.7 Å². The molecule has 0 radical (unpaired) electrons. The number of nitrogens with one attached hydrogen (secondary N) is 2. The van der Waals surface area contributed by atoms with Gasteiger partial charge in [-0.25, -0.2) is 4.99 Å². The average Bonchev–Trinajstić information content (AvgIpc) is 3.36. The number of aryl methyl sites for hydroxylation is 1. The van der Waals surface area contributed by atoms with Gasteiger partial charge in [0.2, 0.25) is 0 Å². The summed E-state index contributed by atoms with van der Waals surface area (Å²) in [5.41, 5.74) is 1.73. The van der Waals surface area contributed by atoms with Gasteiger partial charge in [0.05, 0.1) is 18.8 Å². The number of nitrogens with zero attached hydrogens (tertiary/aromatic N) is 1. The zero-order valence-corrected chi connectivity index (χ0v) is 16.2. The predicted octanol–water partition coefficient (Wildman–Crippen LogP) is 3.14. The van der Waals surface area contributed by atoms with Crippen molar-refractivity contribution in [1.82, 2.24) is 10.6 Å². The summed E-state index contributed by atoms with van der Waals surface area (Å²) in [6, 6.07) is 6.32. The van der Waals surface area contributed by atoms with E-state index in [9.17, 15) is 5.11 Å². The summed E-state index contributed by atoms with van der Waals surface area (Å²) >= 11 is 0. The third-order valence-electron chi connectivity index (χ3n) is 5.27. The van der Waals surface area contributed by atoms with Crippen molar-refractivity contribution in [3.05, 3.63) is 29.3 Å². The Bertz CT molecular complexity index is 620. The first kappa shape index (κ1) is 19.0. The fourth-order valence-corrected chi connectivity index (χ4v) is 3.38. The van der Waals surface area contributed by atoms with Crippen LogP contribution in [0, 0.1) is 12.8 Å². The number of rotatable bonds is 8. The molecule has 0 bridgehead atoms. The molecule has 26 heavy (non-hydrogen) atoms. The molecule has 3 N–H and O–H groups in total. The molecule has 2 aliphatic carbocycles. The third-order valence-corrected chi connectivity index (χ3v) is 5.27. The van der Waals surface area contributed by atoms with E-state index in [1.54, 1.807) is 0 Å². The average molecular weight is 360 g/mol. The van der Waals surface area contributed by atoms with Crippen LogP contribution in [-0.2, 0) is 6.54 Å². The van der Waals surface area contributed by atoms with Gasteiger partial charge >= 0.3 is 0 Å². The van der Waals surface area contributed by atoms with E-state index >= 15 is 0 Å². The highest BCUT2D eigenvalue weighted by Gasteiger charge is 2.31. The highest BCUT2D eigenvalue weighted by Crippen LogP contribution is 2.31. The number of aliphatic imine (C=N–C) groups is 1. The van der Waals surface area contributed by atoms with Gasteiger partial charge in [0.15, 0.2) is 5.96 Å². The lowest BCUT2D eigenvalue weighted by molar-refractivity contribution is 0.0522. The molecule has 0 unspecified atom stereocenters. The van der Waals surface area contributed by atoms with Crippen molar-refractivity contribution in [3.63, 3.8) is 0 Å². The summed E-state index contributed by atoms with van der Waals surface area (Å²) in [5.74, 6) is 2.44. The van der Waals surface area contributed by atoms with Crippen molar-refractivity contribution in [2.45, 2.75) is 64.5 Å². The molecule has 0 atom stereocenters. The summed E-state index contributed by atoms with van der Waals surface area (Å²) in [6.07, 6.45) is 6.54. The molecule has 2 saturated carbocycles. The van der Waals surface area contributed by atoms with Crippen LogP contribution in [0.25, 0.3) is 0 Å². The van der Waals surface area contributed by atoms with Crippen LogP contribution in [0.1, 0.15) is 56.6 Å². The van der Waals surface area contributed by atoms with Gasteiger partial charge in [-0.15, -0.1) is 0 Å². The van der Waals surface area contributed by atoms with Crippen molar-refractivity contribution in [2.24, 2.45) is 10.9 Å². The smallest absolute Gasteiger partial charge is 0.191 e. The fourth-order valence-electron chi connectivity index (χ4n) is 3.38. The van der Waals surface area contributed by atoms with Gasteiger partial charge in [-0.05, 0) is 57.1 Å². The normalized spacial score (nSPS) is 19.4. The van der Waals surface area contributed by atoms with Crippen LogP contribution in [0.5, 0.6) is 5.75 Å². The van der Waals surface area contributed by atoms with Gasteiger partial charge in [0, 0.05) is 18.7 Å². The fraction of sp³-hybridized carbons (Fsp3) is 0.667. The molecule has 1 aromatic rings. The summed E-state index contributed by atoms with van der Waals surface area (Å²) in [6.45, 7) is 6.86. The SMILES string of the molecule is CCNC(=NCc1ccc(C)cc1OCC1CC1)NCC1(O)CCCC1. The first-order valence-electron chi connectivity index (χ1n) is 10.0. The van der Waals surface area contributed by atoms with E-state index in [4.69, 9.17) is 9.73 Å². The Morgan fingerprint density at radius 3 is 2.73 bits per heavy atom. The van der Waals surface area contributed by atoms with Crippen LogP contribution in [0.3, 0.4) is 0 Å². The Morgan fingerprint density at radius 2 is 2.04 bits per heavy atom. The van der Waals surface area contributed by atoms with Gasteiger partial charge < -0.3 is 20.5 Å². The number of ether oxygens (including phenoxy) is 1. The molecule has 5 heteroatoms. The second kappa shape index (κ2) is 8.76. The van der Waals surface area contributed by atoms with Crippen molar-refractivity contribution < 1.29 is 9.84 Å². The molecule has 0 aromatic heterocycles. The van der Waals surface area contributed by atoms with Crippen molar-refractivity contribution >= 4 is 5.96 Å². The highest BCUT2D eigenvalue weighted by molar-refractivity contribution is 5.79. The van der Waals surface area contributed by atoms with Gasteiger partial charge in [-0.1, -0.05) is 25.0 Å². The van der Waals surface area contributed by atoms with Crippen LogP contribution in [0.15, 0.2) is 23.2 Å². The summed E-state index contributed by atoms with van der Waals surface area (Å²) in [4.78, 5) is 4.71. The number of hydrogen-bond donors (Lipinski definition) is 3. The lowest BCUT2D eigenvalue weighted by Crippen LogP contribution is -2.46. The number of guanidine groups is 1. The third kappa shape index (κ3) is 5.63. The maximum atomic E-state index is 10.5. The van der Waals surface area contributed by atoms with E-state index in [1.165, 1.54) is 18.4 Å². The first-order valence-corrected chi connectivity index (χ1v) is 10.0. The van der Waals surface area contributed by atoms with E-state index in [-0.39, 0.29) is 0 Å². The molecular formula is C21H33N3O2. The maximum absolute atomic E-state index is 10.5. The molecule has 2 fully saturated rings. The molecule has 0 saturated heterocycles. The molecular weight excluding hydrogens is 326 g/mol. The van der Waals surface area contributed by atoms with Crippen LogP contribution >= 0.6 is 0 Å². The molecule has 3 rings (SSSR count). The van der Waals surface area contributed by atoms with E-state index in [1.807, 2.05) is 0 Å². The Balaban J connectivity index is 1.62. The molecule has 2 aliphatic rings. The zero-order chi connectivity index (χ0) is 18.4. The minimum absolute atomic E-state index is 0.553. The van der Waals surface area contributed by atoms with Gasteiger partial charge in [-0.3, -0.25) is 0 Å². The Morgan fingerprint density at radius 1 is 1.27 bits per heavy atom. The van der Waals surface area contributed by atoms with Crippen LogP contribution in [0.4, 0.5) is 0 Å². The van der Waals surface area contributed by atoms with Crippen LogP contribution in [-0.4, -0.2) is 36.4 Å².